The van der Waals surface area contributed by atoms with E-state index < -0.39 is 12.7 Å². The highest BCUT2D eigenvalue weighted by atomic mass is 35.5. The van der Waals surface area contributed by atoms with Gasteiger partial charge in [0.15, 0.2) is 0 Å². The Bertz CT molecular complexity index is 487. The van der Waals surface area contributed by atoms with E-state index in [4.69, 9.17) is 11.6 Å². The average molecular weight is 308 g/mol. The second-order valence-electron chi connectivity index (χ2n) is 4.53. The molecule has 2 heterocycles. The van der Waals surface area contributed by atoms with Crippen molar-refractivity contribution in [3.63, 3.8) is 0 Å². The zero-order chi connectivity index (χ0) is 14.8. The molecule has 2 rings (SSSR count). The molecule has 1 saturated heterocycles. The highest BCUT2D eigenvalue weighted by Gasteiger charge is 2.33. The van der Waals surface area contributed by atoms with Crippen molar-refractivity contribution in [2.45, 2.75) is 6.18 Å². The van der Waals surface area contributed by atoms with E-state index in [0.717, 1.165) is 0 Å². The fourth-order valence-corrected chi connectivity index (χ4v) is 2.22. The van der Waals surface area contributed by atoms with E-state index in [9.17, 15) is 18.0 Å². The summed E-state index contributed by atoms with van der Waals surface area (Å²) >= 11 is 5.71. The Morgan fingerprint density at radius 3 is 2.45 bits per heavy atom. The fourth-order valence-electron chi connectivity index (χ4n) is 2.05. The van der Waals surface area contributed by atoms with Crippen LogP contribution in [0.15, 0.2) is 18.2 Å². The van der Waals surface area contributed by atoms with Gasteiger partial charge in [-0.2, -0.15) is 13.2 Å². The Morgan fingerprint density at radius 1 is 1.25 bits per heavy atom. The maximum atomic E-state index is 12.3. The molecule has 0 bridgehead atoms. The largest absolute Gasteiger partial charge is 0.401 e. The smallest absolute Gasteiger partial charge is 0.335 e. The summed E-state index contributed by atoms with van der Waals surface area (Å²) in [6.07, 6.45) is -4.21. The summed E-state index contributed by atoms with van der Waals surface area (Å²) in [4.78, 5) is 18.8. The van der Waals surface area contributed by atoms with Crippen LogP contribution in [0.5, 0.6) is 0 Å². The number of pyridine rings is 1. The predicted molar refractivity (Wildman–Crippen MR) is 67.6 cm³/mol. The van der Waals surface area contributed by atoms with E-state index in [0.29, 0.717) is 0 Å². The highest BCUT2D eigenvalue weighted by molar-refractivity contribution is 6.29. The van der Waals surface area contributed by atoms with Crippen LogP contribution in [0.4, 0.5) is 13.2 Å². The van der Waals surface area contributed by atoms with Gasteiger partial charge in [0.05, 0.1) is 6.54 Å². The SMILES string of the molecule is O=C(c1cccc(Cl)n1)N1CCN(CC(F)(F)F)CC1. The van der Waals surface area contributed by atoms with E-state index in [-0.39, 0.29) is 42.9 Å². The molecule has 4 nitrogen and oxygen atoms in total. The van der Waals surface area contributed by atoms with Gasteiger partial charge in [0.2, 0.25) is 0 Å². The van der Waals surface area contributed by atoms with Crippen LogP contribution in [0.3, 0.4) is 0 Å². The molecular formula is C12H13ClF3N3O. The second-order valence-corrected chi connectivity index (χ2v) is 4.92. The zero-order valence-corrected chi connectivity index (χ0v) is 11.3. The number of amides is 1. The molecule has 0 aliphatic carbocycles. The summed E-state index contributed by atoms with van der Waals surface area (Å²) in [5, 5.41) is 0.214. The van der Waals surface area contributed by atoms with Gasteiger partial charge in [-0.05, 0) is 12.1 Å². The van der Waals surface area contributed by atoms with E-state index in [2.05, 4.69) is 4.98 Å². The lowest BCUT2D eigenvalue weighted by atomic mass is 10.2. The molecule has 1 fully saturated rings. The third-order valence-corrected chi connectivity index (χ3v) is 3.21. The lowest BCUT2D eigenvalue weighted by Crippen LogP contribution is -2.51. The van der Waals surface area contributed by atoms with E-state index >= 15 is 0 Å². The summed E-state index contributed by atoms with van der Waals surface area (Å²) in [5.74, 6) is -0.306. The van der Waals surface area contributed by atoms with Crippen molar-refractivity contribution >= 4 is 17.5 Å². The zero-order valence-electron chi connectivity index (χ0n) is 10.5. The standard InChI is InChI=1S/C12H13ClF3N3O/c13-10-3-1-2-9(17-10)11(20)19-6-4-18(5-7-19)8-12(14,15)16/h1-3H,4-8H2. The molecule has 0 radical (unpaired) electrons. The van der Waals surface area contributed by atoms with Gasteiger partial charge in [0, 0.05) is 26.2 Å². The van der Waals surface area contributed by atoms with Gasteiger partial charge in [-0.3, -0.25) is 9.69 Å². The van der Waals surface area contributed by atoms with Crippen LogP contribution in [0.25, 0.3) is 0 Å². The predicted octanol–water partition coefficient (Wildman–Crippen LogP) is 2.06. The van der Waals surface area contributed by atoms with Crippen LogP contribution in [0.1, 0.15) is 10.5 Å². The van der Waals surface area contributed by atoms with Gasteiger partial charge < -0.3 is 4.90 Å². The van der Waals surface area contributed by atoms with Crippen LogP contribution in [-0.4, -0.2) is 59.6 Å². The molecule has 0 unspecified atom stereocenters. The molecule has 1 aromatic heterocycles. The monoisotopic (exact) mass is 307 g/mol. The molecule has 0 saturated carbocycles. The normalized spacial score (nSPS) is 17.3. The topological polar surface area (TPSA) is 36.4 Å². The summed E-state index contributed by atoms with van der Waals surface area (Å²) in [7, 11) is 0. The summed E-state index contributed by atoms with van der Waals surface area (Å²) in [6.45, 7) is -0.0334. The quantitative estimate of drug-likeness (QED) is 0.785. The van der Waals surface area contributed by atoms with Gasteiger partial charge in [0.1, 0.15) is 10.8 Å². The number of carbonyl (C=O) groups excluding carboxylic acids is 1. The minimum absolute atomic E-state index is 0.200. The number of hydrogen-bond acceptors (Lipinski definition) is 3. The van der Waals surface area contributed by atoms with Crippen LogP contribution in [0, 0.1) is 0 Å². The van der Waals surface area contributed by atoms with E-state index in [1.807, 2.05) is 0 Å². The second kappa shape index (κ2) is 5.97. The first-order valence-electron chi connectivity index (χ1n) is 6.06. The summed E-state index contributed by atoms with van der Waals surface area (Å²) < 4.78 is 36.8. The number of hydrogen-bond donors (Lipinski definition) is 0. The van der Waals surface area contributed by atoms with Crippen molar-refractivity contribution in [2.24, 2.45) is 0 Å². The number of alkyl halides is 3. The summed E-state index contributed by atoms with van der Waals surface area (Å²) in [5.41, 5.74) is 0.210. The van der Waals surface area contributed by atoms with Crippen molar-refractivity contribution in [3.8, 4) is 0 Å². The fraction of sp³-hybridized carbons (Fsp3) is 0.500. The molecule has 110 valence electrons. The molecule has 1 aliphatic heterocycles. The van der Waals surface area contributed by atoms with Crippen molar-refractivity contribution < 1.29 is 18.0 Å². The van der Waals surface area contributed by atoms with Crippen LogP contribution in [-0.2, 0) is 0 Å². The van der Waals surface area contributed by atoms with Crippen molar-refractivity contribution in [1.82, 2.24) is 14.8 Å². The average Bonchev–Trinajstić information content (AvgIpc) is 2.37. The summed E-state index contributed by atoms with van der Waals surface area (Å²) in [6, 6.07) is 4.71. The lowest BCUT2D eigenvalue weighted by Gasteiger charge is -2.34. The number of rotatable bonds is 2. The third kappa shape index (κ3) is 4.08. The molecule has 0 spiro atoms. The van der Waals surface area contributed by atoms with E-state index in [1.165, 1.54) is 15.9 Å². The van der Waals surface area contributed by atoms with Gasteiger partial charge in [0.25, 0.3) is 5.91 Å². The first kappa shape index (κ1) is 15.1. The molecule has 1 aliphatic rings. The molecule has 0 aromatic carbocycles. The van der Waals surface area contributed by atoms with Gasteiger partial charge >= 0.3 is 6.18 Å². The Kier molecular flexibility index (Phi) is 4.49. The molecule has 0 N–H and O–H groups in total. The molecular weight excluding hydrogens is 295 g/mol. The van der Waals surface area contributed by atoms with Crippen LogP contribution < -0.4 is 0 Å². The van der Waals surface area contributed by atoms with Gasteiger partial charge in [-0.1, -0.05) is 17.7 Å². The van der Waals surface area contributed by atoms with Crippen molar-refractivity contribution in [2.75, 3.05) is 32.7 Å². The molecule has 8 heteroatoms. The first-order chi connectivity index (χ1) is 9.35. The highest BCUT2D eigenvalue weighted by Crippen LogP contribution is 2.18. The Labute approximate surface area is 119 Å². The van der Waals surface area contributed by atoms with E-state index in [1.54, 1.807) is 12.1 Å². The van der Waals surface area contributed by atoms with Crippen LogP contribution in [0.2, 0.25) is 5.15 Å². The minimum atomic E-state index is -4.21. The number of nitrogens with zero attached hydrogens (tertiary/aromatic N) is 3. The number of halogens is 4. The minimum Gasteiger partial charge on any atom is -0.335 e. The maximum absolute atomic E-state index is 12.3. The third-order valence-electron chi connectivity index (χ3n) is 3.00. The number of aromatic nitrogens is 1. The lowest BCUT2D eigenvalue weighted by molar-refractivity contribution is -0.148. The first-order valence-corrected chi connectivity index (χ1v) is 6.44. The molecule has 1 aromatic rings. The maximum Gasteiger partial charge on any atom is 0.401 e. The van der Waals surface area contributed by atoms with Crippen LogP contribution >= 0.6 is 11.6 Å². The Hall–Kier alpha value is -1.34. The number of carbonyl (C=O) groups is 1. The Balaban J connectivity index is 1.92. The van der Waals surface area contributed by atoms with Crippen molar-refractivity contribution in [3.05, 3.63) is 29.0 Å². The van der Waals surface area contributed by atoms with Gasteiger partial charge in [-0.25, -0.2) is 4.98 Å². The molecule has 1 amide bonds. The molecule has 20 heavy (non-hydrogen) atoms. The van der Waals surface area contributed by atoms with Gasteiger partial charge in [-0.15, -0.1) is 0 Å². The Morgan fingerprint density at radius 2 is 1.90 bits per heavy atom. The van der Waals surface area contributed by atoms with Crippen molar-refractivity contribution in [1.29, 1.82) is 0 Å². The molecule has 0 atom stereocenters. The number of piperazine rings is 1.